The second-order valence-corrected chi connectivity index (χ2v) is 5.54. The SMILES string of the molecule is COCc1cccc(Oc2cc(Br)ccc2CBr)c1. The largest absolute Gasteiger partial charge is 0.457 e. The topological polar surface area (TPSA) is 18.5 Å². The van der Waals surface area contributed by atoms with Gasteiger partial charge in [0, 0.05) is 22.5 Å². The van der Waals surface area contributed by atoms with Crippen molar-refractivity contribution >= 4 is 31.9 Å². The van der Waals surface area contributed by atoms with E-state index < -0.39 is 0 Å². The van der Waals surface area contributed by atoms with Crippen LogP contribution in [0.3, 0.4) is 0 Å². The summed E-state index contributed by atoms with van der Waals surface area (Å²) in [6.45, 7) is 0.584. The van der Waals surface area contributed by atoms with Crippen LogP contribution >= 0.6 is 31.9 Å². The quantitative estimate of drug-likeness (QED) is 0.651. The Hall–Kier alpha value is -0.840. The Morgan fingerprint density at radius 3 is 2.68 bits per heavy atom. The van der Waals surface area contributed by atoms with Crippen LogP contribution in [-0.2, 0) is 16.7 Å². The predicted octanol–water partition coefficient (Wildman–Crippen LogP) is 5.28. The number of hydrogen-bond donors (Lipinski definition) is 0. The number of halogens is 2. The fraction of sp³-hybridized carbons (Fsp3) is 0.200. The summed E-state index contributed by atoms with van der Waals surface area (Å²) in [6, 6.07) is 13.9. The van der Waals surface area contributed by atoms with Gasteiger partial charge in [-0.05, 0) is 29.8 Å². The minimum Gasteiger partial charge on any atom is -0.457 e. The van der Waals surface area contributed by atoms with Gasteiger partial charge in [-0.15, -0.1) is 0 Å². The zero-order valence-corrected chi connectivity index (χ0v) is 13.7. The van der Waals surface area contributed by atoms with Crippen LogP contribution in [0.2, 0.25) is 0 Å². The molecule has 0 heterocycles. The normalized spacial score (nSPS) is 10.5. The first kappa shape index (κ1) is 14.6. The molecule has 4 heteroatoms. The van der Waals surface area contributed by atoms with E-state index in [9.17, 15) is 0 Å². The Balaban J connectivity index is 2.25. The van der Waals surface area contributed by atoms with Crippen molar-refractivity contribution in [2.75, 3.05) is 7.11 Å². The molecular formula is C15H14Br2O2. The van der Waals surface area contributed by atoms with Gasteiger partial charge in [-0.25, -0.2) is 0 Å². The lowest BCUT2D eigenvalue weighted by molar-refractivity contribution is 0.184. The number of methoxy groups -OCH3 is 1. The third-order valence-corrected chi connectivity index (χ3v) is 3.71. The maximum Gasteiger partial charge on any atom is 0.132 e. The molecule has 0 unspecified atom stereocenters. The van der Waals surface area contributed by atoms with Crippen molar-refractivity contribution in [3.8, 4) is 11.5 Å². The molecule has 0 saturated carbocycles. The summed E-state index contributed by atoms with van der Waals surface area (Å²) in [5.74, 6) is 1.66. The molecule has 100 valence electrons. The standard InChI is InChI=1S/C15H14Br2O2/c1-18-10-11-3-2-4-14(7-11)19-15-8-13(17)6-5-12(15)9-16/h2-8H,9-10H2,1H3. The molecule has 2 aromatic carbocycles. The molecule has 2 rings (SSSR count). The van der Waals surface area contributed by atoms with Crippen molar-refractivity contribution in [3.63, 3.8) is 0 Å². The first-order valence-corrected chi connectivity index (χ1v) is 7.74. The van der Waals surface area contributed by atoms with Crippen LogP contribution in [-0.4, -0.2) is 7.11 Å². The molecule has 0 aromatic heterocycles. The van der Waals surface area contributed by atoms with Crippen LogP contribution in [0, 0.1) is 0 Å². The molecular weight excluding hydrogens is 372 g/mol. The highest BCUT2D eigenvalue weighted by Gasteiger charge is 2.05. The molecule has 0 aliphatic rings. The second-order valence-electron chi connectivity index (χ2n) is 4.07. The molecule has 2 nitrogen and oxygen atoms in total. The lowest BCUT2D eigenvalue weighted by Gasteiger charge is -2.11. The maximum atomic E-state index is 5.95. The number of benzene rings is 2. The highest BCUT2D eigenvalue weighted by Crippen LogP contribution is 2.30. The Labute approximate surface area is 130 Å². The van der Waals surface area contributed by atoms with E-state index in [1.807, 2.05) is 42.5 Å². The van der Waals surface area contributed by atoms with Crippen molar-refractivity contribution in [3.05, 3.63) is 58.1 Å². The molecule has 0 aliphatic carbocycles. The summed E-state index contributed by atoms with van der Waals surface area (Å²) in [4.78, 5) is 0. The van der Waals surface area contributed by atoms with E-state index in [0.29, 0.717) is 6.61 Å². The first-order chi connectivity index (χ1) is 9.22. The van der Waals surface area contributed by atoms with Crippen molar-refractivity contribution in [1.82, 2.24) is 0 Å². The molecule has 0 amide bonds. The van der Waals surface area contributed by atoms with Gasteiger partial charge in [0.2, 0.25) is 0 Å². The summed E-state index contributed by atoms with van der Waals surface area (Å²) in [7, 11) is 1.69. The van der Waals surface area contributed by atoms with Gasteiger partial charge in [-0.3, -0.25) is 0 Å². The fourth-order valence-electron chi connectivity index (χ4n) is 1.73. The van der Waals surface area contributed by atoms with Gasteiger partial charge in [0.15, 0.2) is 0 Å². The predicted molar refractivity (Wildman–Crippen MR) is 84.0 cm³/mol. The van der Waals surface area contributed by atoms with Crippen molar-refractivity contribution in [1.29, 1.82) is 0 Å². The Morgan fingerprint density at radius 2 is 1.95 bits per heavy atom. The van der Waals surface area contributed by atoms with Gasteiger partial charge in [0.25, 0.3) is 0 Å². The lowest BCUT2D eigenvalue weighted by atomic mass is 10.2. The van der Waals surface area contributed by atoms with E-state index in [4.69, 9.17) is 9.47 Å². The molecule has 2 aromatic rings. The van der Waals surface area contributed by atoms with Gasteiger partial charge >= 0.3 is 0 Å². The summed E-state index contributed by atoms with van der Waals surface area (Å²) in [6.07, 6.45) is 0. The first-order valence-electron chi connectivity index (χ1n) is 5.83. The van der Waals surface area contributed by atoms with E-state index in [2.05, 4.69) is 31.9 Å². The van der Waals surface area contributed by atoms with Crippen molar-refractivity contribution < 1.29 is 9.47 Å². The summed E-state index contributed by atoms with van der Waals surface area (Å²) in [5, 5.41) is 0.757. The third kappa shape index (κ3) is 4.06. The molecule has 0 bridgehead atoms. The highest BCUT2D eigenvalue weighted by molar-refractivity contribution is 9.10. The zero-order chi connectivity index (χ0) is 13.7. The van der Waals surface area contributed by atoms with E-state index in [1.54, 1.807) is 7.11 Å². The van der Waals surface area contributed by atoms with Crippen LogP contribution in [0.1, 0.15) is 11.1 Å². The molecule has 0 spiro atoms. The van der Waals surface area contributed by atoms with Gasteiger partial charge in [-0.2, -0.15) is 0 Å². The van der Waals surface area contributed by atoms with Crippen molar-refractivity contribution in [2.45, 2.75) is 11.9 Å². The lowest BCUT2D eigenvalue weighted by Crippen LogP contribution is -1.92. The van der Waals surface area contributed by atoms with E-state index in [-0.39, 0.29) is 0 Å². The van der Waals surface area contributed by atoms with Gasteiger partial charge in [-0.1, -0.05) is 50.1 Å². The van der Waals surface area contributed by atoms with Crippen LogP contribution in [0.25, 0.3) is 0 Å². The van der Waals surface area contributed by atoms with E-state index >= 15 is 0 Å². The summed E-state index contributed by atoms with van der Waals surface area (Å²) < 4.78 is 12.1. The average molecular weight is 386 g/mol. The number of alkyl halides is 1. The summed E-state index contributed by atoms with van der Waals surface area (Å²) >= 11 is 6.93. The molecule has 0 N–H and O–H groups in total. The minimum atomic E-state index is 0.584. The van der Waals surface area contributed by atoms with Crippen LogP contribution in [0.4, 0.5) is 0 Å². The van der Waals surface area contributed by atoms with Gasteiger partial charge < -0.3 is 9.47 Å². The highest BCUT2D eigenvalue weighted by atomic mass is 79.9. The number of rotatable bonds is 5. The second kappa shape index (κ2) is 7.08. The van der Waals surface area contributed by atoms with Crippen molar-refractivity contribution in [2.24, 2.45) is 0 Å². The molecule has 0 radical (unpaired) electrons. The van der Waals surface area contributed by atoms with Crippen LogP contribution in [0.15, 0.2) is 46.9 Å². The molecule has 0 fully saturated rings. The third-order valence-electron chi connectivity index (χ3n) is 2.61. The van der Waals surface area contributed by atoms with Crippen LogP contribution in [0.5, 0.6) is 11.5 Å². The molecule has 0 saturated heterocycles. The molecule has 19 heavy (non-hydrogen) atoms. The smallest absolute Gasteiger partial charge is 0.132 e. The Bertz CT molecular complexity index is 556. The minimum absolute atomic E-state index is 0.584. The molecule has 0 aliphatic heterocycles. The van der Waals surface area contributed by atoms with E-state index in [1.165, 1.54) is 0 Å². The van der Waals surface area contributed by atoms with E-state index in [0.717, 1.165) is 32.4 Å². The number of hydrogen-bond acceptors (Lipinski definition) is 2. The van der Waals surface area contributed by atoms with Gasteiger partial charge in [0.1, 0.15) is 11.5 Å². The Kier molecular flexibility index (Phi) is 5.43. The monoisotopic (exact) mass is 384 g/mol. The maximum absolute atomic E-state index is 5.95. The fourth-order valence-corrected chi connectivity index (χ4v) is 2.53. The zero-order valence-electron chi connectivity index (χ0n) is 10.5. The molecule has 0 atom stereocenters. The number of ether oxygens (including phenoxy) is 2. The van der Waals surface area contributed by atoms with Gasteiger partial charge in [0.05, 0.1) is 6.61 Å². The Morgan fingerprint density at radius 1 is 1.11 bits per heavy atom. The summed E-state index contributed by atoms with van der Waals surface area (Å²) in [5.41, 5.74) is 2.20. The average Bonchev–Trinajstić information content (AvgIpc) is 2.40. The van der Waals surface area contributed by atoms with Crippen LogP contribution < -0.4 is 4.74 Å².